The lowest BCUT2D eigenvalue weighted by Crippen LogP contribution is -2.30. The van der Waals surface area contributed by atoms with Crippen LogP contribution in [0.4, 0.5) is 5.69 Å². The van der Waals surface area contributed by atoms with E-state index in [1.54, 1.807) is 29.7 Å². The van der Waals surface area contributed by atoms with Gasteiger partial charge in [-0.05, 0) is 44.2 Å². The molecule has 5 nitrogen and oxygen atoms in total. The van der Waals surface area contributed by atoms with Crippen LogP contribution in [0.5, 0.6) is 5.75 Å². The van der Waals surface area contributed by atoms with Gasteiger partial charge in [0.05, 0.1) is 10.2 Å². The number of ether oxygens (including phenoxy) is 1. The molecule has 0 radical (unpaired) electrons. The maximum Gasteiger partial charge on any atom is 0.308 e. The summed E-state index contributed by atoms with van der Waals surface area (Å²) in [5.74, 6) is 0.411. The Hall–Kier alpha value is -2.60. The van der Waals surface area contributed by atoms with Crippen molar-refractivity contribution in [3.63, 3.8) is 0 Å². The standard InChI is InChI=1S/C18H18N2O3S/c1-3-20-15-10-9-13(11-16(15)24-18(20)22)19-17(21)12(2)23-14-7-5-4-6-8-14/h4-12H,3H2,1-2H3,(H,19,21)/t12-/m0/s1. The average molecular weight is 342 g/mol. The Morgan fingerprint density at radius 3 is 2.71 bits per heavy atom. The lowest BCUT2D eigenvalue weighted by molar-refractivity contribution is -0.122. The van der Waals surface area contributed by atoms with E-state index in [0.29, 0.717) is 18.0 Å². The number of hydrogen-bond acceptors (Lipinski definition) is 4. The van der Waals surface area contributed by atoms with Crippen molar-refractivity contribution in [2.75, 3.05) is 5.32 Å². The van der Waals surface area contributed by atoms with E-state index in [0.717, 1.165) is 10.2 Å². The van der Waals surface area contributed by atoms with E-state index in [-0.39, 0.29) is 10.8 Å². The highest BCUT2D eigenvalue weighted by molar-refractivity contribution is 7.16. The first kappa shape index (κ1) is 16.3. The van der Waals surface area contributed by atoms with Gasteiger partial charge in [-0.25, -0.2) is 0 Å². The Bertz CT molecular complexity index is 915. The third-order valence-electron chi connectivity index (χ3n) is 3.68. The molecule has 3 aromatic rings. The maximum absolute atomic E-state index is 12.3. The van der Waals surface area contributed by atoms with Crippen molar-refractivity contribution in [3.05, 3.63) is 58.2 Å². The van der Waals surface area contributed by atoms with Crippen molar-refractivity contribution in [2.45, 2.75) is 26.5 Å². The van der Waals surface area contributed by atoms with Gasteiger partial charge < -0.3 is 10.1 Å². The molecule has 0 saturated heterocycles. The molecule has 0 aliphatic carbocycles. The quantitative estimate of drug-likeness (QED) is 0.772. The number of amides is 1. The van der Waals surface area contributed by atoms with Crippen LogP contribution < -0.4 is 14.9 Å². The van der Waals surface area contributed by atoms with Crippen LogP contribution in [0.2, 0.25) is 0 Å². The Morgan fingerprint density at radius 1 is 1.25 bits per heavy atom. The molecule has 0 fully saturated rings. The Kier molecular flexibility index (Phi) is 4.66. The lowest BCUT2D eigenvalue weighted by atomic mass is 10.2. The fourth-order valence-corrected chi connectivity index (χ4v) is 3.44. The zero-order chi connectivity index (χ0) is 17.1. The summed E-state index contributed by atoms with van der Waals surface area (Å²) in [5.41, 5.74) is 1.54. The third-order valence-corrected chi connectivity index (χ3v) is 4.62. The second-order valence-corrected chi connectivity index (χ2v) is 6.35. The third kappa shape index (κ3) is 3.33. The van der Waals surface area contributed by atoms with Gasteiger partial charge in [0.2, 0.25) is 0 Å². The molecule has 0 aliphatic heterocycles. The van der Waals surface area contributed by atoms with E-state index < -0.39 is 6.10 Å². The molecule has 1 atom stereocenters. The van der Waals surface area contributed by atoms with Gasteiger partial charge in [-0.2, -0.15) is 0 Å². The molecule has 6 heteroatoms. The summed E-state index contributed by atoms with van der Waals surface area (Å²) in [5, 5.41) is 2.83. The molecule has 0 bridgehead atoms. The second-order valence-electron chi connectivity index (χ2n) is 5.36. The summed E-state index contributed by atoms with van der Waals surface area (Å²) in [6, 6.07) is 14.7. The number of nitrogens with zero attached hydrogens (tertiary/aromatic N) is 1. The number of aromatic nitrogens is 1. The number of nitrogens with one attached hydrogen (secondary N) is 1. The fourth-order valence-electron chi connectivity index (χ4n) is 2.44. The first-order chi connectivity index (χ1) is 11.6. The molecule has 0 unspecified atom stereocenters. The van der Waals surface area contributed by atoms with E-state index in [9.17, 15) is 9.59 Å². The van der Waals surface area contributed by atoms with Crippen molar-refractivity contribution < 1.29 is 9.53 Å². The molecule has 1 amide bonds. The van der Waals surface area contributed by atoms with Crippen molar-refractivity contribution in [2.24, 2.45) is 0 Å². The molecular formula is C18H18N2O3S. The van der Waals surface area contributed by atoms with E-state index in [2.05, 4.69) is 5.32 Å². The number of para-hydroxylation sites is 1. The zero-order valence-corrected chi connectivity index (χ0v) is 14.3. The van der Waals surface area contributed by atoms with Gasteiger partial charge in [-0.3, -0.25) is 14.2 Å². The topological polar surface area (TPSA) is 60.3 Å². The first-order valence-electron chi connectivity index (χ1n) is 7.74. The minimum Gasteiger partial charge on any atom is -0.481 e. The predicted molar refractivity (Wildman–Crippen MR) is 96.9 cm³/mol. The molecule has 1 aromatic heterocycles. The maximum atomic E-state index is 12.3. The number of anilines is 1. The Balaban J connectivity index is 1.74. The second kappa shape index (κ2) is 6.88. The highest BCUT2D eigenvalue weighted by atomic mass is 32.1. The molecule has 0 saturated carbocycles. The summed E-state index contributed by atoms with van der Waals surface area (Å²) >= 11 is 1.18. The van der Waals surface area contributed by atoms with E-state index in [1.165, 1.54) is 11.3 Å². The molecular weight excluding hydrogens is 324 g/mol. The SMILES string of the molecule is CCn1c(=O)sc2cc(NC(=O)[C@H](C)Oc3ccccc3)ccc21. The molecule has 2 aromatic carbocycles. The molecule has 0 aliphatic rings. The molecule has 24 heavy (non-hydrogen) atoms. The minimum atomic E-state index is -0.623. The summed E-state index contributed by atoms with van der Waals surface area (Å²) in [6.45, 7) is 4.27. The van der Waals surface area contributed by atoms with Crippen LogP contribution in [-0.2, 0) is 11.3 Å². The van der Waals surface area contributed by atoms with E-state index in [4.69, 9.17) is 4.74 Å². The van der Waals surface area contributed by atoms with Gasteiger partial charge in [0.1, 0.15) is 5.75 Å². The number of rotatable bonds is 5. The number of carbonyl (C=O) groups is 1. The van der Waals surface area contributed by atoms with Crippen LogP contribution in [0.15, 0.2) is 53.3 Å². The highest BCUT2D eigenvalue weighted by Gasteiger charge is 2.15. The summed E-state index contributed by atoms with van der Waals surface area (Å²) in [4.78, 5) is 24.2. The van der Waals surface area contributed by atoms with Crippen molar-refractivity contribution in [1.82, 2.24) is 4.57 Å². The summed E-state index contributed by atoms with van der Waals surface area (Å²) < 4.78 is 8.19. The number of thiazole rings is 1. The van der Waals surface area contributed by atoms with Gasteiger partial charge >= 0.3 is 4.87 Å². The van der Waals surface area contributed by atoms with Crippen molar-refractivity contribution in [1.29, 1.82) is 0 Å². The van der Waals surface area contributed by atoms with Crippen molar-refractivity contribution >= 4 is 33.1 Å². The summed E-state index contributed by atoms with van der Waals surface area (Å²) in [7, 11) is 0. The van der Waals surface area contributed by atoms with Gasteiger partial charge in [0.15, 0.2) is 6.10 Å². The van der Waals surface area contributed by atoms with Crippen molar-refractivity contribution in [3.8, 4) is 5.75 Å². The largest absolute Gasteiger partial charge is 0.481 e. The molecule has 1 heterocycles. The van der Waals surface area contributed by atoms with Gasteiger partial charge in [0.25, 0.3) is 5.91 Å². The van der Waals surface area contributed by atoms with Crippen LogP contribution in [0.3, 0.4) is 0 Å². The van der Waals surface area contributed by atoms with Crippen LogP contribution in [0.25, 0.3) is 10.2 Å². The smallest absolute Gasteiger partial charge is 0.308 e. The molecule has 1 N–H and O–H groups in total. The lowest BCUT2D eigenvalue weighted by Gasteiger charge is -2.14. The van der Waals surface area contributed by atoms with E-state index >= 15 is 0 Å². The average Bonchev–Trinajstić information content (AvgIpc) is 2.89. The zero-order valence-electron chi connectivity index (χ0n) is 13.5. The van der Waals surface area contributed by atoms with Crippen LogP contribution in [-0.4, -0.2) is 16.6 Å². The van der Waals surface area contributed by atoms with Crippen LogP contribution >= 0.6 is 11.3 Å². The number of carbonyl (C=O) groups excluding carboxylic acids is 1. The normalized spacial score (nSPS) is 12.1. The number of fused-ring (bicyclic) bond motifs is 1. The number of hydrogen-bond donors (Lipinski definition) is 1. The number of benzene rings is 2. The fraction of sp³-hybridized carbons (Fsp3) is 0.222. The van der Waals surface area contributed by atoms with Crippen LogP contribution in [0.1, 0.15) is 13.8 Å². The highest BCUT2D eigenvalue weighted by Crippen LogP contribution is 2.22. The Morgan fingerprint density at radius 2 is 2.00 bits per heavy atom. The van der Waals surface area contributed by atoms with Gasteiger partial charge in [-0.1, -0.05) is 29.5 Å². The monoisotopic (exact) mass is 342 g/mol. The molecule has 0 spiro atoms. The molecule has 3 rings (SSSR count). The first-order valence-corrected chi connectivity index (χ1v) is 8.56. The molecule has 124 valence electrons. The summed E-state index contributed by atoms with van der Waals surface area (Å²) in [6.07, 6.45) is -0.623. The number of aryl methyl sites for hydroxylation is 1. The van der Waals surface area contributed by atoms with Gasteiger partial charge in [0, 0.05) is 12.2 Å². The Labute approximate surface area is 143 Å². The minimum absolute atomic E-state index is 0.0109. The van der Waals surface area contributed by atoms with Crippen LogP contribution in [0, 0.1) is 0 Å². The van der Waals surface area contributed by atoms with E-state index in [1.807, 2.05) is 37.3 Å². The predicted octanol–water partition coefficient (Wildman–Crippen LogP) is 3.49. The van der Waals surface area contributed by atoms with Gasteiger partial charge in [-0.15, -0.1) is 0 Å².